The van der Waals surface area contributed by atoms with Crippen molar-refractivity contribution in [2.24, 2.45) is 0 Å². The van der Waals surface area contributed by atoms with E-state index in [1.807, 2.05) is 12.7 Å². The summed E-state index contributed by atoms with van der Waals surface area (Å²) in [6.07, 6.45) is 6.11. The van der Waals surface area contributed by atoms with E-state index in [4.69, 9.17) is 0 Å². The fraction of sp³-hybridized carbons (Fsp3) is 0.778. The van der Waals surface area contributed by atoms with E-state index in [2.05, 4.69) is 26.6 Å². The van der Waals surface area contributed by atoms with E-state index in [0.717, 1.165) is 0 Å². The van der Waals surface area contributed by atoms with Crippen molar-refractivity contribution in [1.82, 2.24) is 19.7 Å². The van der Waals surface area contributed by atoms with Gasteiger partial charge in [0.25, 0.3) is 0 Å². The van der Waals surface area contributed by atoms with Gasteiger partial charge in [-0.3, -0.25) is 0 Å². The van der Waals surface area contributed by atoms with Gasteiger partial charge in [-0.15, -0.1) is 10.2 Å². The Morgan fingerprint density at radius 1 is 1.23 bits per heavy atom. The fourth-order valence-electron chi connectivity index (χ4n) is 1.93. The molecule has 1 fully saturated rings. The molecule has 1 aliphatic heterocycles. The number of nitrogens with zero attached hydrogens (tertiary/aromatic N) is 4. The molecule has 0 atom stereocenters. The lowest BCUT2D eigenvalue weighted by Crippen LogP contribution is -2.34. The molecule has 72 valence electrons. The summed E-state index contributed by atoms with van der Waals surface area (Å²) >= 11 is 0. The van der Waals surface area contributed by atoms with Crippen LogP contribution in [-0.2, 0) is 0 Å². The summed E-state index contributed by atoms with van der Waals surface area (Å²) in [6.45, 7) is 5.81. The van der Waals surface area contributed by atoms with Gasteiger partial charge >= 0.3 is 0 Å². The van der Waals surface area contributed by atoms with Crippen molar-refractivity contribution in [3.63, 3.8) is 0 Å². The van der Waals surface area contributed by atoms with Crippen molar-refractivity contribution < 1.29 is 0 Å². The minimum absolute atomic E-state index is 0.623. The maximum atomic E-state index is 3.84. The van der Waals surface area contributed by atoms with Gasteiger partial charge in [-0.05, 0) is 19.4 Å². The Kier molecular flexibility index (Phi) is 2.59. The molecule has 4 heteroatoms. The van der Waals surface area contributed by atoms with Gasteiger partial charge in [0.05, 0.1) is 0 Å². The Labute approximate surface area is 78.6 Å². The highest BCUT2D eigenvalue weighted by Gasteiger charge is 2.18. The zero-order chi connectivity index (χ0) is 9.10. The molecule has 0 N–H and O–H groups in total. The molecule has 0 aromatic carbocycles. The summed E-state index contributed by atoms with van der Waals surface area (Å²) in [4.78, 5) is 2.49. The van der Waals surface area contributed by atoms with Crippen LogP contribution >= 0.6 is 0 Å². The summed E-state index contributed by atoms with van der Waals surface area (Å²) in [5.74, 6) is 0. The zero-order valence-electron chi connectivity index (χ0n) is 8.06. The van der Waals surface area contributed by atoms with Gasteiger partial charge in [-0.1, -0.05) is 6.92 Å². The van der Waals surface area contributed by atoms with Crippen molar-refractivity contribution in [3.05, 3.63) is 12.7 Å². The minimum atomic E-state index is 0.623. The number of aromatic nitrogens is 3. The Morgan fingerprint density at radius 2 is 1.85 bits per heavy atom. The van der Waals surface area contributed by atoms with Crippen molar-refractivity contribution in [2.75, 3.05) is 19.6 Å². The topological polar surface area (TPSA) is 34.0 Å². The van der Waals surface area contributed by atoms with E-state index >= 15 is 0 Å². The Hall–Kier alpha value is -0.900. The molecule has 0 amide bonds. The van der Waals surface area contributed by atoms with E-state index in [1.165, 1.54) is 32.5 Å². The first kappa shape index (κ1) is 8.69. The quantitative estimate of drug-likeness (QED) is 0.679. The average molecular weight is 180 g/mol. The highest BCUT2D eigenvalue weighted by molar-refractivity contribution is 4.78. The molecule has 0 spiro atoms. The van der Waals surface area contributed by atoms with Crippen molar-refractivity contribution in [3.8, 4) is 0 Å². The molecule has 1 aromatic rings. The minimum Gasteiger partial charge on any atom is -0.317 e. The molecule has 1 aliphatic rings. The number of hydrogen-bond acceptors (Lipinski definition) is 3. The van der Waals surface area contributed by atoms with Crippen LogP contribution < -0.4 is 0 Å². The maximum Gasteiger partial charge on any atom is 0.119 e. The maximum absolute atomic E-state index is 3.84. The third-order valence-electron chi connectivity index (χ3n) is 2.86. The van der Waals surface area contributed by atoms with Crippen LogP contribution in [-0.4, -0.2) is 39.3 Å². The Balaban J connectivity index is 1.92. The molecule has 0 unspecified atom stereocenters. The summed E-state index contributed by atoms with van der Waals surface area (Å²) in [7, 11) is 0. The number of rotatable bonds is 2. The molecule has 1 aromatic heterocycles. The van der Waals surface area contributed by atoms with E-state index in [0.29, 0.717) is 6.04 Å². The zero-order valence-corrected chi connectivity index (χ0v) is 8.06. The van der Waals surface area contributed by atoms with E-state index < -0.39 is 0 Å². The highest BCUT2D eigenvalue weighted by Crippen LogP contribution is 2.20. The lowest BCUT2D eigenvalue weighted by molar-refractivity contribution is 0.194. The standard InChI is InChI=1S/C9H16N4/c1-2-12-5-3-9(4-6-12)13-7-10-11-8-13/h7-9H,2-6H2,1H3. The predicted molar refractivity (Wildman–Crippen MR) is 50.4 cm³/mol. The highest BCUT2D eigenvalue weighted by atomic mass is 15.2. The van der Waals surface area contributed by atoms with Crippen molar-refractivity contribution >= 4 is 0 Å². The Bertz CT molecular complexity index is 236. The van der Waals surface area contributed by atoms with Crippen molar-refractivity contribution in [2.45, 2.75) is 25.8 Å². The van der Waals surface area contributed by atoms with Crippen LogP contribution in [0.5, 0.6) is 0 Å². The van der Waals surface area contributed by atoms with Gasteiger partial charge in [0, 0.05) is 19.1 Å². The first-order valence-corrected chi connectivity index (χ1v) is 4.96. The SMILES string of the molecule is CCN1CCC(n2cnnc2)CC1. The summed E-state index contributed by atoms with van der Waals surface area (Å²) < 4.78 is 2.13. The van der Waals surface area contributed by atoms with Gasteiger partial charge in [-0.25, -0.2) is 0 Å². The third-order valence-corrected chi connectivity index (χ3v) is 2.86. The first-order chi connectivity index (χ1) is 6.40. The largest absolute Gasteiger partial charge is 0.317 e. The fourth-order valence-corrected chi connectivity index (χ4v) is 1.93. The van der Waals surface area contributed by atoms with Crippen LogP contribution in [0.2, 0.25) is 0 Å². The van der Waals surface area contributed by atoms with Gasteiger partial charge in [0.15, 0.2) is 0 Å². The molecule has 0 saturated carbocycles. The van der Waals surface area contributed by atoms with Crippen LogP contribution in [0.25, 0.3) is 0 Å². The molecule has 2 rings (SSSR count). The summed E-state index contributed by atoms with van der Waals surface area (Å²) in [5, 5.41) is 7.67. The van der Waals surface area contributed by atoms with Gasteiger partial charge in [0.2, 0.25) is 0 Å². The predicted octanol–water partition coefficient (Wildman–Crippen LogP) is 0.935. The van der Waals surface area contributed by atoms with E-state index in [9.17, 15) is 0 Å². The molecule has 0 aliphatic carbocycles. The van der Waals surface area contributed by atoms with Crippen LogP contribution in [0.1, 0.15) is 25.8 Å². The summed E-state index contributed by atoms with van der Waals surface area (Å²) in [6, 6.07) is 0.623. The lowest BCUT2D eigenvalue weighted by atomic mass is 10.1. The molecule has 1 saturated heterocycles. The van der Waals surface area contributed by atoms with Gasteiger partial charge in [0.1, 0.15) is 12.7 Å². The second-order valence-electron chi connectivity index (χ2n) is 3.57. The number of hydrogen-bond donors (Lipinski definition) is 0. The van der Waals surface area contributed by atoms with Gasteiger partial charge < -0.3 is 9.47 Å². The van der Waals surface area contributed by atoms with Crippen LogP contribution in [0.4, 0.5) is 0 Å². The van der Waals surface area contributed by atoms with E-state index in [1.54, 1.807) is 0 Å². The molecular weight excluding hydrogens is 164 g/mol. The molecule has 4 nitrogen and oxygen atoms in total. The van der Waals surface area contributed by atoms with Crippen LogP contribution in [0.15, 0.2) is 12.7 Å². The van der Waals surface area contributed by atoms with Crippen molar-refractivity contribution in [1.29, 1.82) is 0 Å². The normalized spacial score (nSPS) is 20.7. The second kappa shape index (κ2) is 3.87. The van der Waals surface area contributed by atoms with Gasteiger partial charge in [-0.2, -0.15) is 0 Å². The Morgan fingerprint density at radius 3 is 2.38 bits per heavy atom. The first-order valence-electron chi connectivity index (χ1n) is 4.96. The molecule has 0 bridgehead atoms. The third kappa shape index (κ3) is 1.88. The second-order valence-corrected chi connectivity index (χ2v) is 3.57. The van der Waals surface area contributed by atoms with Crippen LogP contribution in [0.3, 0.4) is 0 Å². The molecule has 0 radical (unpaired) electrons. The number of piperidine rings is 1. The monoisotopic (exact) mass is 180 g/mol. The summed E-state index contributed by atoms with van der Waals surface area (Å²) in [5.41, 5.74) is 0. The van der Waals surface area contributed by atoms with E-state index in [-0.39, 0.29) is 0 Å². The smallest absolute Gasteiger partial charge is 0.119 e. The number of likely N-dealkylation sites (tertiary alicyclic amines) is 1. The molecule has 2 heterocycles. The van der Waals surface area contributed by atoms with Crippen LogP contribution in [0, 0.1) is 0 Å². The average Bonchev–Trinajstić information content (AvgIpc) is 2.71. The molecule has 13 heavy (non-hydrogen) atoms. The molecular formula is C9H16N4. The lowest BCUT2D eigenvalue weighted by Gasteiger charge is -2.31.